The van der Waals surface area contributed by atoms with Gasteiger partial charge in [-0.15, -0.1) is 0 Å². The van der Waals surface area contributed by atoms with Crippen LogP contribution in [-0.4, -0.2) is 44.5 Å². The SMILES string of the molecule is COc1cccc(OCC(=O)Nc2ccc(C(=O)NCCNC(=O)c3ccco3)cc2)c1. The molecule has 9 nitrogen and oxygen atoms in total. The van der Waals surface area contributed by atoms with E-state index in [4.69, 9.17) is 13.9 Å². The average molecular weight is 437 g/mol. The number of hydrogen-bond donors (Lipinski definition) is 3. The van der Waals surface area contributed by atoms with E-state index in [0.717, 1.165) is 0 Å². The van der Waals surface area contributed by atoms with E-state index in [0.29, 0.717) is 22.7 Å². The molecule has 1 aromatic heterocycles. The third kappa shape index (κ3) is 6.63. The highest BCUT2D eigenvalue weighted by atomic mass is 16.5. The topological polar surface area (TPSA) is 119 Å². The van der Waals surface area contributed by atoms with E-state index in [1.54, 1.807) is 67.8 Å². The first kappa shape index (κ1) is 22.4. The van der Waals surface area contributed by atoms with Gasteiger partial charge in [-0.25, -0.2) is 0 Å². The molecule has 0 radical (unpaired) electrons. The Hall–Kier alpha value is -4.27. The molecule has 0 saturated carbocycles. The second-order valence-corrected chi connectivity index (χ2v) is 6.58. The minimum atomic E-state index is -0.347. The number of anilines is 1. The lowest BCUT2D eigenvalue weighted by Crippen LogP contribution is -2.34. The quantitative estimate of drug-likeness (QED) is 0.419. The summed E-state index contributed by atoms with van der Waals surface area (Å²) in [6.45, 7) is 0.344. The molecule has 0 spiro atoms. The van der Waals surface area contributed by atoms with Crippen molar-refractivity contribution >= 4 is 23.4 Å². The van der Waals surface area contributed by atoms with Crippen molar-refractivity contribution in [2.24, 2.45) is 0 Å². The van der Waals surface area contributed by atoms with Crippen molar-refractivity contribution in [2.75, 3.05) is 32.1 Å². The second-order valence-electron chi connectivity index (χ2n) is 6.58. The molecule has 166 valence electrons. The lowest BCUT2D eigenvalue weighted by atomic mass is 10.2. The third-order valence-corrected chi connectivity index (χ3v) is 4.28. The molecule has 1 heterocycles. The summed E-state index contributed by atoms with van der Waals surface area (Å²) in [6.07, 6.45) is 1.41. The number of ether oxygens (including phenoxy) is 2. The maximum atomic E-state index is 12.2. The van der Waals surface area contributed by atoms with Crippen LogP contribution in [-0.2, 0) is 4.79 Å². The van der Waals surface area contributed by atoms with Crippen LogP contribution < -0.4 is 25.4 Å². The van der Waals surface area contributed by atoms with E-state index in [9.17, 15) is 14.4 Å². The van der Waals surface area contributed by atoms with Crippen molar-refractivity contribution < 1.29 is 28.3 Å². The molecule has 3 aromatic rings. The fourth-order valence-corrected chi connectivity index (χ4v) is 2.69. The number of hydrogen-bond acceptors (Lipinski definition) is 6. The Morgan fingerprint density at radius 3 is 2.28 bits per heavy atom. The zero-order chi connectivity index (χ0) is 22.8. The molecule has 3 N–H and O–H groups in total. The Labute approximate surface area is 184 Å². The number of carbonyl (C=O) groups excluding carboxylic acids is 3. The van der Waals surface area contributed by atoms with Gasteiger partial charge in [-0.05, 0) is 48.5 Å². The molecule has 0 unspecified atom stereocenters. The van der Waals surface area contributed by atoms with Gasteiger partial charge in [0.15, 0.2) is 12.4 Å². The van der Waals surface area contributed by atoms with Gasteiger partial charge in [0.2, 0.25) is 0 Å². The Morgan fingerprint density at radius 2 is 1.59 bits per heavy atom. The van der Waals surface area contributed by atoms with E-state index in [1.807, 2.05) is 0 Å². The fourth-order valence-electron chi connectivity index (χ4n) is 2.69. The minimum Gasteiger partial charge on any atom is -0.497 e. The molecule has 0 aliphatic rings. The number of benzene rings is 2. The number of methoxy groups -OCH3 is 1. The molecule has 0 fully saturated rings. The van der Waals surface area contributed by atoms with Crippen LogP contribution in [0.2, 0.25) is 0 Å². The Kier molecular flexibility index (Phi) is 7.85. The van der Waals surface area contributed by atoms with E-state index in [2.05, 4.69) is 16.0 Å². The van der Waals surface area contributed by atoms with E-state index in [1.165, 1.54) is 6.26 Å². The normalized spacial score (nSPS) is 10.2. The highest BCUT2D eigenvalue weighted by Crippen LogP contribution is 2.18. The molecule has 32 heavy (non-hydrogen) atoms. The number of carbonyl (C=O) groups is 3. The monoisotopic (exact) mass is 437 g/mol. The van der Waals surface area contributed by atoms with Crippen LogP contribution in [0, 0.1) is 0 Å². The third-order valence-electron chi connectivity index (χ3n) is 4.28. The molecule has 2 aromatic carbocycles. The number of furan rings is 1. The van der Waals surface area contributed by atoms with Crippen LogP contribution in [0.25, 0.3) is 0 Å². The molecule has 0 aliphatic carbocycles. The Bertz CT molecular complexity index is 1050. The van der Waals surface area contributed by atoms with Gasteiger partial charge in [-0.3, -0.25) is 14.4 Å². The first-order valence-corrected chi connectivity index (χ1v) is 9.82. The molecule has 3 amide bonds. The summed E-state index contributed by atoms with van der Waals surface area (Å²) in [5, 5.41) is 8.05. The summed E-state index contributed by atoms with van der Waals surface area (Å²) in [4.78, 5) is 36.0. The van der Waals surface area contributed by atoms with Crippen LogP contribution in [0.3, 0.4) is 0 Å². The summed E-state index contributed by atoms with van der Waals surface area (Å²) in [6, 6.07) is 16.6. The predicted molar refractivity (Wildman–Crippen MR) is 117 cm³/mol. The van der Waals surface area contributed by atoms with Crippen molar-refractivity contribution in [3.05, 3.63) is 78.3 Å². The maximum absolute atomic E-state index is 12.2. The summed E-state index contributed by atoms with van der Waals surface area (Å²) >= 11 is 0. The van der Waals surface area contributed by atoms with Gasteiger partial charge < -0.3 is 29.8 Å². The summed E-state index contributed by atoms with van der Waals surface area (Å²) < 4.78 is 15.5. The Morgan fingerprint density at radius 1 is 0.875 bits per heavy atom. The molecule has 0 saturated heterocycles. The van der Waals surface area contributed by atoms with Gasteiger partial charge in [-0.1, -0.05) is 6.07 Å². The van der Waals surface area contributed by atoms with Gasteiger partial charge in [0.1, 0.15) is 11.5 Å². The molecule has 0 bridgehead atoms. The van der Waals surface area contributed by atoms with Crippen LogP contribution in [0.15, 0.2) is 71.3 Å². The Balaban J connectivity index is 1.39. The molecule has 0 atom stereocenters. The van der Waals surface area contributed by atoms with Gasteiger partial charge in [0.25, 0.3) is 17.7 Å². The number of nitrogens with one attached hydrogen (secondary N) is 3. The smallest absolute Gasteiger partial charge is 0.287 e. The number of amides is 3. The van der Waals surface area contributed by atoms with E-state index >= 15 is 0 Å². The van der Waals surface area contributed by atoms with Gasteiger partial charge in [0, 0.05) is 30.4 Å². The van der Waals surface area contributed by atoms with Crippen molar-refractivity contribution in [3.8, 4) is 11.5 Å². The van der Waals surface area contributed by atoms with Crippen LogP contribution in [0.5, 0.6) is 11.5 Å². The molecule has 0 aliphatic heterocycles. The predicted octanol–water partition coefficient (Wildman–Crippen LogP) is 2.47. The number of rotatable bonds is 10. The standard InChI is InChI=1S/C23H23N3O6/c1-30-18-4-2-5-19(14-18)32-15-21(27)26-17-9-7-16(8-10-17)22(28)24-11-12-25-23(29)20-6-3-13-31-20/h2-10,13-14H,11-12,15H2,1H3,(H,24,28)(H,25,29)(H,26,27). The summed E-state index contributed by atoms with van der Waals surface area (Å²) in [7, 11) is 1.55. The van der Waals surface area contributed by atoms with Gasteiger partial charge in [-0.2, -0.15) is 0 Å². The lowest BCUT2D eigenvalue weighted by Gasteiger charge is -2.09. The largest absolute Gasteiger partial charge is 0.497 e. The van der Waals surface area contributed by atoms with Gasteiger partial charge >= 0.3 is 0 Å². The summed E-state index contributed by atoms with van der Waals surface area (Å²) in [5.41, 5.74) is 0.958. The first-order chi connectivity index (χ1) is 15.5. The fraction of sp³-hybridized carbons (Fsp3) is 0.174. The molecule has 3 rings (SSSR count). The van der Waals surface area contributed by atoms with Gasteiger partial charge in [0.05, 0.1) is 13.4 Å². The van der Waals surface area contributed by atoms with E-state index in [-0.39, 0.29) is 43.2 Å². The minimum absolute atomic E-state index is 0.168. The van der Waals surface area contributed by atoms with Crippen molar-refractivity contribution in [1.29, 1.82) is 0 Å². The van der Waals surface area contributed by atoms with Crippen LogP contribution >= 0.6 is 0 Å². The zero-order valence-corrected chi connectivity index (χ0v) is 17.4. The molecular formula is C23H23N3O6. The maximum Gasteiger partial charge on any atom is 0.287 e. The zero-order valence-electron chi connectivity index (χ0n) is 17.4. The van der Waals surface area contributed by atoms with Crippen LogP contribution in [0.1, 0.15) is 20.9 Å². The second kappa shape index (κ2) is 11.2. The van der Waals surface area contributed by atoms with Crippen LogP contribution in [0.4, 0.5) is 5.69 Å². The highest BCUT2D eigenvalue weighted by molar-refractivity contribution is 5.96. The molecular weight excluding hydrogens is 414 g/mol. The van der Waals surface area contributed by atoms with Crippen molar-refractivity contribution in [3.63, 3.8) is 0 Å². The average Bonchev–Trinajstić information content (AvgIpc) is 3.36. The lowest BCUT2D eigenvalue weighted by molar-refractivity contribution is -0.118. The van der Waals surface area contributed by atoms with Crippen molar-refractivity contribution in [2.45, 2.75) is 0 Å². The van der Waals surface area contributed by atoms with Crippen molar-refractivity contribution in [1.82, 2.24) is 10.6 Å². The first-order valence-electron chi connectivity index (χ1n) is 9.82. The summed E-state index contributed by atoms with van der Waals surface area (Å²) in [5.74, 6) is 0.389. The molecule has 9 heteroatoms. The van der Waals surface area contributed by atoms with E-state index < -0.39 is 0 Å². The highest BCUT2D eigenvalue weighted by Gasteiger charge is 2.09.